The summed E-state index contributed by atoms with van der Waals surface area (Å²) < 4.78 is 7.13. The molecule has 0 amide bonds. The molecule has 20 heavy (non-hydrogen) atoms. The van der Waals surface area contributed by atoms with Crippen LogP contribution in [0, 0.1) is 0 Å². The Labute approximate surface area is 115 Å². The summed E-state index contributed by atoms with van der Waals surface area (Å²) in [6.07, 6.45) is 4.98. The van der Waals surface area contributed by atoms with Gasteiger partial charge in [0.15, 0.2) is 0 Å². The lowest BCUT2D eigenvalue weighted by Gasteiger charge is -2.23. The zero-order chi connectivity index (χ0) is 14.0. The van der Waals surface area contributed by atoms with Crippen molar-refractivity contribution < 1.29 is 4.74 Å². The monoisotopic (exact) mass is 276 g/mol. The number of hydrogen-bond acceptors (Lipinski definition) is 8. The molecule has 1 aliphatic rings. The second-order valence-electron chi connectivity index (χ2n) is 4.91. The van der Waals surface area contributed by atoms with Crippen molar-refractivity contribution in [2.45, 2.75) is 25.4 Å². The normalized spacial score (nSPS) is 22.1. The van der Waals surface area contributed by atoms with Gasteiger partial charge in [0.05, 0.1) is 5.60 Å². The van der Waals surface area contributed by atoms with Crippen molar-refractivity contribution in [1.29, 1.82) is 0 Å². The smallest absolute Gasteiger partial charge is 0.258 e. The van der Waals surface area contributed by atoms with E-state index in [9.17, 15) is 0 Å². The minimum atomic E-state index is -0.186. The maximum Gasteiger partial charge on any atom is 0.258 e. The Morgan fingerprint density at radius 1 is 1.45 bits per heavy atom. The van der Waals surface area contributed by atoms with Gasteiger partial charge in [-0.2, -0.15) is 24.7 Å². The number of hydrogen-bond donors (Lipinski definition) is 2. The van der Waals surface area contributed by atoms with Crippen molar-refractivity contribution in [3.63, 3.8) is 0 Å². The van der Waals surface area contributed by atoms with E-state index < -0.39 is 0 Å². The van der Waals surface area contributed by atoms with Crippen LogP contribution in [0.15, 0.2) is 12.7 Å². The minimum Gasteiger partial charge on any atom is -0.373 e. The number of anilines is 2. The first-order chi connectivity index (χ1) is 9.65. The van der Waals surface area contributed by atoms with Gasteiger partial charge < -0.3 is 15.8 Å². The van der Waals surface area contributed by atoms with E-state index in [0.29, 0.717) is 18.4 Å². The topological polar surface area (TPSA) is 117 Å². The first-order valence-electron chi connectivity index (χ1n) is 6.39. The molecule has 3 N–H and O–H groups in total. The highest BCUT2D eigenvalue weighted by molar-refractivity contribution is 5.35. The molecular formula is C11H16N8O. The first kappa shape index (κ1) is 12.7. The molecule has 1 unspecified atom stereocenters. The third-order valence-electron chi connectivity index (χ3n) is 3.19. The number of aromatic nitrogens is 6. The fourth-order valence-electron chi connectivity index (χ4n) is 2.12. The molecule has 2 aromatic heterocycles. The van der Waals surface area contributed by atoms with Crippen LogP contribution in [0.4, 0.5) is 11.9 Å². The van der Waals surface area contributed by atoms with Crippen molar-refractivity contribution in [2.24, 2.45) is 0 Å². The van der Waals surface area contributed by atoms with Crippen LogP contribution >= 0.6 is 0 Å². The largest absolute Gasteiger partial charge is 0.373 e. The van der Waals surface area contributed by atoms with Gasteiger partial charge in [-0.1, -0.05) is 0 Å². The molecule has 1 saturated heterocycles. The van der Waals surface area contributed by atoms with E-state index in [1.807, 2.05) is 0 Å². The lowest BCUT2D eigenvalue weighted by molar-refractivity contribution is 0.0314. The summed E-state index contributed by atoms with van der Waals surface area (Å²) in [4.78, 5) is 16.2. The third-order valence-corrected chi connectivity index (χ3v) is 3.19. The second kappa shape index (κ2) is 5.00. The molecule has 3 heterocycles. The number of ether oxygens (including phenoxy) is 1. The molecule has 0 radical (unpaired) electrons. The quantitative estimate of drug-likeness (QED) is 0.802. The van der Waals surface area contributed by atoms with E-state index in [1.54, 1.807) is 0 Å². The Morgan fingerprint density at radius 2 is 2.35 bits per heavy atom. The maximum absolute atomic E-state index is 5.70. The summed E-state index contributed by atoms with van der Waals surface area (Å²) in [7, 11) is 0. The Kier molecular flexibility index (Phi) is 3.18. The number of nitrogens with zero attached hydrogens (tertiary/aromatic N) is 6. The Balaban J connectivity index is 1.76. The Bertz CT molecular complexity index is 578. The lowest BCUT2D eigenvalue weighted by atomic mass is 10.0. The maximum atomic E-state index is 5.70. The zero-order valence-corrected chi connectivity index (χ0v) is 11.2. The molecule has 1 atom stereocenters. The van der Waals surface area contributed by atoms with E-state index in [2.05, 4.69) is 37.3 Å². The first-order valence-corrected chi connectivity index (χ1v) is 6.39. The van der Waals surface area contributed by atoms with E-state index in [4.69, 9.17) is 10.5 Å². The molecule has 0 aromatic carbocycles. The van der Waals surface area contributed by atoms with Gasteiger partial charge in [-0.05, 0) is 19.8 Å². The van der Waals surface area contributed by atoms with Crippen molar-refractivity contribution in [2.75, 3.05) is 24.2 Å². The molecule has 1 fully saturated rings. The summed E-state index contributed by atoms with van der Waals surface area (Å²) in [6, 6.07) is 0. The fraction of sp³-hybridized carbons (Fsp3) is 0.545. The summed E-state index contributed by atoms with van der Waals surface area (Å²) in [5, 5.41) is 7.11. The van der Waals surface area contributed by atoms with Crippen molar-refractivity contribution in [3.8, 4) is 5.95 Å². The molecule has 106 valence electrons. The molecule has 0 bridgehead atoms. The summed E-state index contributed by atoms with van der Waals surface area (Å²) in [5.74, 6) is 0.861. The average molecular weight is 276 g/mol. The molecule has 9 nitrogen and oxygen atoms in total. The van der Waals surface area contributed by atoms with Crippen LogP contribution in [0.3, 0.4) is 0 Å². The van der Waals surface area contributed by atoms with Crippen LogP contribution in [-0.4, -0.2) is 48.5 Å². The molecule has 0 aliphatic carbocycles. The van der Waals surface area contributed by atoms with Gasteiger partial charge in [0.2, 0.25) is 11.9 Å². The Hall–Kier alpha value is -2.29. The third kappa shape index (κ3) is 2.67. The highest BCUT2D eigenvalue weighted by atomic mass is 16.5. The highest BCUT2D eigenvalue weighted by Crippen LogP contribution is 2.24. The van der Waals surface area contributed by atoms with Crippen LogP contribution in [0.1, 0.15) is 19.8 Å². The van der Waals surface area contributed by atoms with Crippen molar-refractivity contribution >= 4 is 11.9 Å². The molecule has 2 aromatic rings. The second-order valence-corrected chi connectivity index (χ2v) is 4.91. The van der Waals surface area contributed by atoms with Crippen molar-refractivity contribution in [1.82, 2.24) is 29.7 Å². The molecule has 1 aliphatic heterocycles. The van der Waals surface area contributed by atoms with Crippen molar-refractivity contribution in [3.05, 3.63) is 12.7 Å². The van der Waals surface area contributed by atoms with Gasteiger partial charge in [-0.3, -0.25) is 0 Å². The van der Waals surface area contributed by atoms with Gasteiger partial charge in [-0.15, -0.1) is 0 Å². The van der Waals surface area contributed by atoms with Gasteiger partial charge in [0, 0.05) is 13.2 Å². The van der Waals surface area contributed by atoms with Crippen LogP contribution in [0.25, 0.3) is 5.95 Å². The van der Waals surface area contributed by atoms with E-state index >= 15 is 0 Å². The van der Waals surface area contributed by atoms with Gasteiger partial charge in [0.1, 0.15) is 12.7 Å². The van der Waals surface area contributed by atoms with Gasteiger partial charge in [-0.25, -0.2) is 4.98 Å². The zero-order valence-electron chi connectivity index (χ0n) is 11.2. The standard InChI is InChI=1S/C11H16N8O/c1-11(3-2-4-20-11)5-14-9-16-8(12)17-10(18-9)19-7-13-6-15-19/h6-7H,2-5H2,1H3,(H3,12,14,16,17,18). The molecular weight excluding hydrogens is 260 g/mol. The number of nitrogen functional groups attached to an aromatic ring is 1. The summed E-state index contributed by atoms with van der Waals surface area (Å²) >= 11 is 0. The SMILES string of the molecule is CC1(CNc2nc(N)nc(-n3cncn3)n2)CCCO1. The highest BCUT2D eigenvalue weighted by Gasteiger charge is 2.29. The molecule has 0 spiro atoms. The van der Waals surface area contributed by atoms with Crippen LogP contribution in [0.5, 0.6) is 0 Å². The molecule has 0 saturated carbocycles. The van der Waals surface area contributed by atoms with Crippen LogP contribution in [-0.2, 0) is 4.74 Å². The predicted octanol–water partition coefficient (Wildman–Crippen LogP) is 0.0155. The fourth-order valence-corrected chi connectivity index (χ4v) is 2.12. The lowest BCUT2D eigenvalue weighted by Crippen LogP contribution is -2.33. The summed E-state index contributed by atoms with van der Waals surface area (Å²) in [5.41, 5.74) is 5.50. The van der Waals surface area contributed by atoms with E-state index in [-0.39, 0.29) is 11.5 Å². The number of rotatable bonds is 4. The van der Waals surface area contributed by atoms with Crippen LogP contribution < -0.4 is 11.1 Å². The molecule has 3 rings (SSSR count). The Morgan fingerprint density at radius 3 is 3.05 bits per heavy atom. The predicted molar refractivity (Wildman–Crippen MR) is 71.2 cm³/mol. The number of nitrogens with one attached hydrogen (secondary N) is 1. The minimum absolute atomic E-state index is 0.130. The van der Waals surface area contributed by atoms with Gasteiger partial charge in [0.25, 0.3) is 5.95 Å². The molecule has 9 heteroatoms. The number of nitrogens with two attached hydrogens (primary N) is 1. The summed E-state index contributed by atoms with van der Waals surface area (Å²) in [6.45, 7) is 3.48. The average Bonchev–Trinajstić information content (AvgIpc) is 3.08. The van der Waals surface area contributed by atoms with E-state index in [1.165, 1.54) is 17.3 Å². The van der Waals surface area contributed by atoms with Gasteiger partial charge >= 0.3 is 0 Å². The van der Waals surface area contributed by atoms with E-state index in [0.717, 1.165) is 19.4 Å². The van der Waals surface area contributed by atoms with Crippen LogP contribution in [0.2, 0.25) is 0 Å².